The Morgan fingerprint density at radius 1 is 1.20 bits per heavy atom. The maximum absolute atomic E-state index is 11.6. The molecule has 0 aromatic heterocycles. The maximum atomic E-state index is 11.6. The molecule has 2 amide bonds. The minimum atomic E-state index is -0.697. The van der Waals surface area contributed by atoms with Crippen LogP contribution in [0.15, 0.2) is 18.2 Å². The number of carbonyl (C=O) groups is 1. The van der Waals surface area contributed by atoms with Gasteiger partial charge in [0, 0.05) is 23.1 Å². The van der Waals surface area contributed by atoms with Crippen LogP contribution in [-0.2, 0) is 6.42 Å². The van der Waals surface area contributed by atoms with Crippen LogP contribution in [0.25, 0.3) is 0 Å². The van der Waals surface area contributed by atoms with Gasteiger partial charge in [0.1, 0.15) is 0 Å². The third-order valence-corrected chi connectivity index (χ3v) is 3.92. The smallest absolute Gasteiger partial charge is 0.314 e. The van der Waals surface area contributed by atoms with Gasteiger partial charge in [-0.05, 0) is 49.4 Å². The molecule has 0 radical (unpaired) electrons. The van der Waals surface area contributed by atoms with Gasteiger partial charge in [-0.3, -0.25) is 0 Å². The Bertz CT molecular complexity index is 470. The molecule has 0 heterocycles. The zero-order chi connectivity index (χ0) is 14.6. The number of urea groups is 1. The molecule has 2 rings (SSSR count). The van der Waals surface area contributed by atoms with Crippen LogP contribution in [0.1, 0.15) is 24.8 Å². The third-order valence-electron chi connectivity index (χ3n) is 3.48. The van der Waals surface area contributed by atoms with Gasteiger partial charge in [0.05, 0.1) is 5.60 Å². The van der Waals surface area contributed by atoms with Crippen LogP contribution < -0.4 is 10.6 Å². The van der Waals surface area contributed by atoms with Crippen LogP contribution in [0.3, 0.4) is 0 Å². The fourth-order valence-electron chi connectivity index (χ4n) is 2.14. The van der Waals surface area contributed by atoms with Gasteiger partial charge in [0.15, 0.2) is 0 Å². The van der Waals surface area contributed by atoms with E-state index in [0.29, 0.717) is 29.6 Å². The fraction of sp³-hybridized carbons (Fsp3) is 0.500. The number of rotatable bonds is 5. The van der Waals surface area contributed by atoms with Gasteiger partial charge < -0.3 is 15.7 Å². The average Bonchev–Trinajstić information content (AvgIpc) is 2.33. The normalized spacial score (nSPS) is 16.4. The highest BCUT2D eigenvalue weighted by atomic mass is 35.5. The Morgan fingerprint density at radius 2 is 1.85 bits per heavy atom. The van der Waals surface area contributed by atoms with Crippen LogP contribution in [-0.4, -0.2) is 29.8 Å². The van der Waals surface area contributed by atoms with Crippen molar-refractivity contribution in [2.45, 2.75) is 31.3 Å². The molecule has 6 heteroatoms. The number of hydrogen-bond donors (Lipinski definition) is 3. The van der Waals surface area contributed by atoms with E-state index in [1.54, 1.807) is 6.07 Å². The molecule has 1 aromatic rings. The molecule has 3 N–H and O–H groups in total. The van der Waals surface area contributed by atoms with Gasteiger partial charge in [0.25, 0.3) is 0 Å². The summed E-state index contributed by atoms with van der Waals surface area (Å²) >= 11 is 11.8. The number of benzene rings is 1. The molecular formula is C14H18Cl2N2O2. The Balaban J connectivity index is 1.68. The molecule has 4 nitrogen and oxygen atoms in total. The van der Waals surface area contributed by atoms with E-state index < -0.39 is 5.60 Å². The molecule has 1 fully saturated rings. The van der Waals surface area contributed by atoms with Crippen LogP contribution in [0.2, 0.25) is 10.0 Å². The lowest BCUT2D eigenvalue weighted by Crippen LogP contribution is -2.50. The summed E-state index contributed by atoms with van der Waals surface area (Å²) in [5, 5.41) is 16.5. The molecule has 1 saturated carbocycles. The van der Waals surface area contributed by atoms with E-state index in [-0.39, 0.29) is 6.03 Å². The molecule has 0 atom stereocenters. The van der Waals surface area contributed by atoms with Crippen molar-refractivity contribution in [2.24, 2.45) is 0 Å². The van der Waals surface area contributed by atoms with Crippen LogP contribution in [0, 0.1) is 0 Å². The Kier molecular flexibility index (Phi) is 5.13. The average molecular weight is 317 g/mol. The summed E-state index contributed by atoms with van der Waals surface area (Å²) in [5.41, 5.74) is 0.276. The Hall–Kier alpha value is -0.970. The first-order valence-corrected chi connectivity index (χ1v) is 7.41. The number of amides is 2. The van der Waals surface area contributed by atoms with Crippen molar-refractivity contribution in [1.29, 1.82) is 0 Å². The van der Waals surface area contributed by atoms with Crippen molar-refractivity contribution in [3.05, 3.63) is 33.8 Å². The second-order valence-corrected chi connectivity index (χ2v) is 6.09. The molecule has 0 spiro atoms. The van der Waals surface area contributed by atoms with E-state index >= 15 is 0 Å². The first-order chi connectivity index (χ1) is 9.47. The van der Waals surface area contributed by atoms with Crippen LogP contribution in [0.5, 0.6) is 0 Å². The summed E-state index contributed by atoms with van der Waals surface area (Å²) in [6, 6.07) is 5.05. The number of halogens is 2. The first-order valence-electron chi connectivity index (χ1n) is 6.66. The fourth-order valence-corrected chi connectivity index (χ4v) is 2.72. The molecule has 0 bridgehead atoms. The molecule has 1 aromatic carbocycles. The second kappa shape index (κ2) is 6.66. The SMILES string of the molecule is O=C(NCCc1cc(Cl)cc(Cl)c1)NCC1(O)CCC1. The van der Waals surface area contributed by atoms with Crippen molar-refractivity contribution >= 4 is 29.2 Å². The van der Waals surface area contributed by atoms with E-state index in [1.807, 2.05) is 12.1 Å². The predicted molar refractivity (Wildman–Crippen MR) is 80.4 cm³/mol. The predicted octanol–water partition coefficient (Wildman–Crippen LogP) is 2.75. The molecular weight excluding hydrogens is 299 g/mol. The van der Waals surface area contributed by atoms with E-state index in [4.69, 9.17) is 23.2 Å². The van der Waals surface area contributed by atoms with E-state index in [0.717, 1.165) is 24.8 Å². The first kappa shape index (κ1) is 15.4. The highest BCUT2D eigenvalue weighted by Gasteiger charge is 2.34. The molecule has 20 heavy (non-hydrogen) atoms. The zero-order valence-corrected chi connectivity index (χ0v) is 12.6. The summed E-state index contributed by atoms with van der Waals surface area (Å²) < 4.78 is 0. The molecule has 1 aliphatic carbocycles. The second-order valence-electron chi connectivity index (χ2n) is 5.22. The van der Waals surface area contributed by atoms with E-state index in [1.165, 1.54) is 0 Å². The van der Waals surface area contributed by atoms with Crippen molar-refractivity contribution in [1.82, 2.24) is 10.6 Å². The van der Waals surface area contributed by atoms with Gasteiger partial charge in [-0.25, -0.2) is 4.79 Å². The lowest BCUT2D eigenvalue weighted by Gasteiger charge is -2.36. The number of nitrogens with one attached hydrogen (secondary N) is 2. The van der Waals surface area contributed by atoms with Crippen molar-refractivity contribution < 1.29 is 9.90 Å². The van der Waals surface area contributed by atoms with Crippen molar-refractivity contribution in [3.63, 3.8) is 0 Å². The van der Waals surface area contributed by atoms with E-state index in [2.05, 4.69) is 10.6 Å². The van der Waals surface area contributed by atoms with Crippen LogP contribution >= 0.6 is 23.2 Å². The Morgan fingerprint density at radius 3 is 2.40 bits per heavy atom. The van der Waals surface area contributed by atoms with Crippen molar-refractivity contribution in [3.8, 4) is 0 Å². The highest BCUT2D eigenvalue weighted by Crippen LogP contribution is 2.30. The van der Waals surface area contributed by atoms with Gasteiger partial charge in [-0.2, -0.15) is 0 Å². The molecule has 0 unspecified atom stereocenters. The molecule has 1 aliphatic rings. The number of aliphatic hydroxyl groups is 1. The minimum absolute atomic E-state index is 0.265. The quantitative estimate of drug-likeness (QED) is 0.782. The van der Waals surface area contributed by atoms with Gasteiger partial charge in [0.2, 0.25) is 0 Å². The van der Waals surface area contributed by atoms with Gasteiger partial charge in [-0.1, -0.05) is 23.2 Å². The van der Waals surface area contributed by atoms with E-state index in [9.17, 15) is 9.90 Å². The largest absolute Gasteiger partial charge is 0.388 e. The summed E-state index contributed by atoms with van der Waals surface area (Å²) in [7, 11) is 0. The summed E-state index contributed by atoms with van der Waals surface area (Å²) in [6.45, 7) is 0.794. The summed E-state index contributed by atoms with van der Waals surface area (Å²) in [4.78, 5) is 11.6. The van der Waals surface area contributed by atoms with Gasteiger partial charge >= 0.3 is 6.03 Å². The minimum Gasteiger partial charge on any atom is -0.388 e. The van der Waals surface area contributed by atoms with Crippen molar-refractivity contribution in [2.75, 3.05) is 13.1 Å². The zero-order valence-electron chi connectivity index (χ0n) is 11.1. The van der Waals surface area contributed by atoms with Gasteiger partial charge in [-0.15, -0.1) is 0 Å². The molecule has 110 valence electrons. The molecule has 0 aliphatic heterocycles. The maximum Gasteiger partial charge on any atom is 0.314 e. The number of carbonyl (C=O) groups excluding carboxylic acids is 1. The lowest BCUT2D eigenvalue weighted by molar-refractivity contribution is -0.0290. The summed E-state index contributed by atoms with van der Waals surface area (Å²) in [6.07, 6.45) is 3.19. The number of hydrogen-bond acceptors (Lipinski definition) is 2. The highest BCUT2D eigenvalue weighted by molar-refractivity contribution is 6.34. The Labute approximate surface area is 128 Å². The topological polar surface area (TPSA) is 61.4 Å². The lowest BCUT2D eigenvalue weighted by atomic mass is 9.80. The van der Waals surface area contributed by atoms with Crippen LogP contribution in [0.4, 0.5) is 4.79 Å². The monoisotopic (exact) mass is 316 g/mol. The third kappa shape index (κ3) is 4.54. The standard InChI is InChI=1S/C14H18Cl2N2O2/c15-11-6-10(7-12(16)8-11)2-5-17-13(19)18-9-14(20)3-1-4-14/h6-8,20H,1-5,9H2,(H2,17,18,19). The summed E-state index contributed by atoms with van der Waals surface area (Å²) in [5.74, 6) is 0. The molecule has 0 saturated heterocycles.